The van der Waals surface area contributed by atoms with E-state index < -0.39 is 0 Å². The Balaban J connectivity index is 0.000000159. The molecule has 0 fully saturated rings. The quantitative estimate of drug-likeness (QED) is 0.0819. The van der Waals surface area contributed by atoms with Crippen LogP contribution in [-0.2, 0) is 0 Å². The van der Waals surface area contributed by atoms with Crippen molar-refractivity contribution < 1.29 is 0 Å². The van der Waals surface area contributed by atoms with E-state index in [-0.39, 0.29) is 0 Å². The summed E-state index contributed by atoms with van der Waals surface area (Å²) in [6.45, 7) is 0. The lowest BCUT2D eigenvalue weighted by Gasteiger charge is -2.13. The molecule has 4 heterocycles. The molecule has 0 atom stereocenters. The molecule has 20 rings (SSSR count). The smallest absolute Gasteiger partial charge is 0.164 e. The molecule has 10 heteroatoms. The van der Waals surface area contributed by atoms with Crippen LogP contribution in [0, 0.1) is 0 Å². The Morgan fingerprint density at radius 3 is 0.583 bits per heavy atom. The summed E-state index contributed by atoms with van der Waals surface area (Å²) in [6, 6.07) is 154. The summed E-state index contributed by atoms with van der Waals surface area (Å²) in [7, 11) is 0. The second-order valence-corrected chi connectivity index (χ2v) is 29.0. The van der Waals surface area contributed by atoms with Gasteiger partial charge in [-0.15, -0.1) is 0 Å². The van der Waals surface area contributed by atoms with E-state index in [2.05, 4.69) is 279 Å². The highest BCUT2D eigenvalue weighted by atomic mass is 15.0. The van der Waals surface area contributed by atoms with Crippen LogP contribution in [-0.4, -0.2) is 49.8 Å². The Bertz CT molecular complexity index is 6820. The van der Waals surface area contributed by atoms with Crippen LogP contribution >= 0.6 is 0 Å². The van der Waals surface area contributed by atoms with Crippen molar-refractivity contribution in [3.8, 4) is 203 Å². The van der Waals surface area contributed by atoms with Gasteiger partial charge in [-0.1, -0.05) is 425 Å². The zero-order valence-corrected chi connectivity index (χ0v) is 65.2. The standard InChI is InChI=1S/2C55H37N5/c1-5-16-39(17-6-1)48-26-13-14-27-49(48)40-30-34-44(35-31-40)52-56-50(41-18-7-2-8-19-41)37-51(57-52)47-25-15-24-46(36-47)38-28-32-45(33-29-38)55-59-53(42-20-9-3-10-21-42)58-54(60-55)43-22-11-4-12-23-43;1-5-16-38(17-6-1)39-28-32-41(33-29-39)48-26-13-14-27-49(48)55-59-53(44-22-11-4-12-23-44)58-54(60-55)45-34-30-40(31-35-45)46-24-15-25-47(36-46)51-37-50(42-18-7-2-8-19-42)56-52(57-51)43-20-9-3-10-21-43/h2*1-37H. The lowest BCUT2D eigenvalue weighted by Crippen LogP contribution is -2.01. The van der Waals surface area contributed by atoms with E-state index in [0.29, 0.717) is 46.6 Å². The van der Waals surface area contributed by atoms with E-state index in [1.807, 2.05) is 170 Å². The molecule has 20 aromatic rings. The molecule has 0 saturated heterocycles. The third-order valence-corrected chi connectivity index (χ3v) is 21.2. The van der Waals surface area contributed by atoms with Gasteiger partial charge >= 0.3 is 0 Å². The molecule has 0 unspecified atom stereocenters. The lowest BCUT2D eigenvalue weighted by molar-refractivity contribution is 1.07. The molecule has 0 radical (unpaired) electrons. The predicted octanol–water partition coefficient (Wildman–Crippen LogP) is 27.3. The maximum Gasteiger partial charge on any atom is 0.164 e. The van der Waals surface area contributed by atoms with E-state index in [4.69, 9.17) is 49.8 Å². The topological polar surface area (TPSA) is 129 Å². The molecule has 0 aliphatic heterocycles. The minimum absolute atomic E-state index is 0.608. The molecule has 0 aliphatic rings. The molecule has 16 aromatic carbocycles. The highest BCUT2D eigenvalue weighted by Gasteiger charge is 2.20. The summed E-state index contributed by atoms with van der Waals surface area (Å²) in [5.41, 5.74) is 28.5. The van der Waals surface area contributed by atoms with E-state index in [0.717, 1.165) is 128 Å². The van der Waals surface area contributed by atoms with E-state index in [1.54, 1.807) is 0 Å². The summed E-state index contributed by atoms with van der Waals surface area (Å²) < 4.78 is 0. The van der Waals surface area contributed by atoms with Crippen LogP contribution in [0.5, 0.6) is 0 Å². The molecule has 0 spiro atoms. The van der Waals surface area contributed by atoms with Crippen molar-refractivity contribution in [3.63, 3.8) is 0 Å². The summed E-state index contributed by atoms with van der Waals surface area (Å²) in [5, 5.41) is 0. The van der Waals surface area contributed by atoms with Gasteiger partial charge in [-0.2, -0.15) is 0 Å². The number of aromatic nitrogens is 10. The van der Waals surface area contributed by atoms with Gasteiger partial charge in [-0.05, 0) is 91.0 Å². The molecule has 0 aliphatic carbocycles. The Morgan fingerprint density at radius 2 is 0.267 bits per heavy atom. The first kappa shape index (κ1) is 73.8. The van der Waals surface area contributed by atoms with Crippen molar-refractivity contribution in [2.24, 2.45) is 0 Å². The Labute approximate surface area is 697 Å². The van der Waals surface area contributed by atoms with Crippen LogP contribution in [0.15, 0.2) is 449 Å². The fourth-order valence-corrected chi connectivity index (χ4v) is 15.0. The van der Waals surface area contributed by atoms with Crippen LogP contribution in [0.25, 0.3) is 203 Å². The monoisotopic (exact) mass is 1530 g/mol. The Hall–Kier alpha value is -16.3. The van der Waals surface area contributed by atoms with Gasteiger partial charge in [-0.25, -0.2) is 49.8 Å². The van der Waals surface area contributed by atoms with Gasteiger partial charge in [0.25, 0.3) is 0 Å². The molecule has 0 N–H and O–H groups in total. The van der Waals surface area contributed by atoms with Crippen molar-refractivity contribution in [1.82, 2.24) is 49.8 Å². The van der Waals surface area contributed by atoms with Crippen molar-refractivity contribution in [1.29, 1.82) is 0 Å². The molecule has 0 amide bonds. The predicted molar refractivity (Wildman–Crippen MR) is 489 cm³/mol. The average molecular weight is 1540 g/mol. The zero-order valence-electron chi connectivity index (χ0n) is 65.2. The highest BCUT2D eigenvalue weighted by Crippen LogP contribution is 2.40. The van der Waals surface area contributed by atoms with Crippen LogP contribution in [0.3, 0.4) is 0 Å². The Kier molecular flexibility index (Phi) is 21.2. The van der Waals surface area contributed by atoms with E-state index >= 15 is 0 Å². The van der Waals surface area contributed by atoms with Gasteiger partial charge in [0, 0.05) is 66.8 Å². The fourth-order valence-electron chi connectivity index (χ4n) is 15.0. The first-order valence-electron chi connectivity index (χ1n) is 40.0. The van der Waals surface area contributed by atoms with Crippen molar-refractivity contribution in [2.75, 3.05) is 0 Å². The molecular weight excluding hydrogens is 1460 g/mol. The van der Waals surface area contributed by atoms with Gasteiger partial charge in [0.15, 0.2) is 46.6 Å². The van der Waals surface area contributed by atoms with Crippen molar-refractivity contribution in [3.05, 3.63) is 449 Å². The number of hydrogen-bond donors (Lipinski definition) is 0. The van der Waals surface area contributed by atoms with Crippen LogP contribution in [0.2, 0.25) is 0 Å². The van der Waals surface area contributed by atoms with Crippen molar-refractivity contribution >= 4 is 0 Å². The minimum Gasteiger partial charge on any atom is -0.228 e. The third kappa shape index (κ3) is 16.5. The van der Waals surface area contributed by atoms with Crippen LogP contribution in [0.4, 0.5) is 0 Å². The van der Waals surface area contributed by atoms with Gasteiger partial charge in [0.1, 0.15) is 0 Å². The van der Waals surface area contributed by atoms with E-state index in [1.165, 1.54) is 27.8 Å². The van der Waals surface area contributed by atoms with Crippen molar-refractivity contribution in [2.45, 2.75) is 0 Å². The maximum absolute atomic E-state index is 5.19. The van der Waals surface area contributed by atoms with Gasteiger partial charge in [0.2, 0.25) is 0 Å². The number of benzene rings is 16. The third-order valence-electron chi connectivity index (χ3n) is 21.2. The summed E-state index contributed by atoms with van der Waals surface area (Å²) in [6.07, 6.45) is 0. The molecule has 564 valence electrons. The second-order valence-electron chi connectivity index (χ2n) is 29.0. The van der Waals surface area contributed by atoms with Gasteiger partial charge in [-0.3, -0.25) is 0 Å². The molecule has 0 bridgehead atoms. The molecular formula is C110H74N10. The first-order valence-corrected chi connectivity index (χ1v) is 40.0. The fraction of sp³-hybridized carbons (Fsp3) is 0. The average Bonchev–Trinajstić information content (AvgIpc) is 0.804. The molecule has 10 nitrogen and oxygen atoms in total. The molecule has 0 saturated carbocycles. The summed E-state index contributed by atoms with van der Waals surface area (Å²) in [5.74, 6) is 5.11. The summed E-state index contributed by atoms with van der Waals surface area (Å²) >= 11 is 0. The molecule has 4 aromatic heterocycles. The SMILES string of the molecule is c1ccc(-c2cc(-c3cccc(-c4ccc(-c5nc(-c6ccccc6)nc(-c6ccccc6)n5)cc4)c3)nc(-c3ccc(-c4ccccc4-c4ccccc4)cc3)n2)cc1.c1ccc(-c2ccc(-c3ccccc3-c3nc(-c4ccccc4)nc(-c4ccc(-c5cccc(-c6cc(-c7ccccc7)nc(-c7ccccc7)n6)c5)cc4)n3)cc2)cc1. The first-order chi connectivity index (χ1) is 59.4. The Morgan fingerprint density at radius 1 is 0.0917 bits per heavy atom. The maximum atomic E-state index is 5.19. The van der Waals surface area contributed by atoms with Crippen LogP contribution < -0.4 is 0 Å². The molecule has 120 heavy (non-hydrogen) atoms. The number of nitrogens with zero attached hydrogens (tertiary/aromatic N) is 10. The number of rotatable bonds is 18. The zero-order chi connectivity index (χ0) is 80.2. The number of hydrogen-bond acceptors (Lipinski definition) is 10. The second kappa shape index (κ2) is 34.4. The summed E-state index contributed by atoms with van der Waals surface area (Å²) in [4.78, 5) is 50.3. The van der Waals surface area contributed by atoms with Crippen LogP contribution in [0.1, 0.15) is 0 Å². The largest absolute Gasteiger partial charge is 0.228 e. The normalized spacial score (nSPS) is 11.0. The lowest BCUT2D eigenvalue weighted by atomic mass is 9.94. The van der Waals surface area contributed by atoms with Gasteiger partial charge in [0.05, 0.1) is 22.8 Å². The van der Waals surface area contributed by atoms with Gasteiger partial charge < -0.3 is 0 Å². The van der Waals surface area contributed by atoms with E-state index in [9.17, 15) is 0 Å². The highest BCUT2D eigenvalue weighted by molar-refractivity contribution is 5.87. The minimum atomic E-state index is 0.608.